The number of nitrogens with zero attached hydrogens (tertiary/aromatic N) is 1. The second kappa shape index (κ2) is 6.31. The van der Waals surface area contributed by atoms with Crippen molar-refractivity contribution in [1.29, 1.82) is 0 Å². The van der Waals surface area contributed by atoms with Crippen LogP contribution in [0.15, 0.2) is 0 Å². The Morgan fingerprint density at radius 2 is 2.43 bits per heavy atom. The highest BCUT2D eigenvalue weighted by atomic mass is 16.7. The van der Waals surface area contributed by atoms with Gasteiger partial charge in [0.25, 0.3) is 0 Å². The highest BCUT2D eigenvalue weighted by Gasteiger charge is 2.20. The minimum absolute atomic E-state index is 0.0930. The largest absolute Gasteiger partial charge is 0.371 e. The van der Waals surface area contributed by atoms with E-state index in [-0.39, 0.29) is 19.7 Å². The topological polar surface area (TPSA) is 51.2 Å². The lowest BCUT2D eigenvalue weighted by molar-refractivity contribution is -0.131. The molecule has 2 atom stereocenters. The Labute approximate surface area is 84.5 Å². The minimum Gasteiger partial charge on any atom is -0.371 e. The van der Waals surface area contributed by atoms with Crippen molar-refractivity contribution < 1.29 is 19.3 Å². The molecule has 0 radical (unpaired) electrons. The normalized spacial score (nSPS) is 25.5. The van der Waals surface area contributed by atoms with E-state index < -0.39 is 0 Å². The maximum atomic E-state index is 8.37. The molecule has 1 aliphatic heterocycles. The van der Waals surface area contributed by atoms with Crippen molar-refractivity contribution in [3.05, 3.63) is 0 Å². The lowest BCUT2D eigenvalue weighted by atomic mass is 10.3. The van der Waals surface area contributed by atoms with Gasteiger partial charge in [-0.25, -0.2) is 0 Å². The standard InChI is InChI=1S/C9H19NO4/c1-8-3-10(5-13-8)4-9(2)14-7-12-6-11/h8-9,11H,3-7H2,1-2H3. The van der Waals surface area contributed by atoms with Gasteiger partial charge in [0.05, 0.1) is 18.9 Å². The van der Waals surface area contributed by atoms with Crippen LogP contribution in [0.1, 0.15) is 13.8 Å². The molecular weight excluding hydrogens is 186 g/mol. The summed E-state index contributed by atoms with van der Waals surface area (Å²) in [6, 6.07) is 0. The van der Waals surface area contributed by atoms with E-state index in [1.54, 1.807) is 0 Å². The molecule has 0 aliphatic carbocycles. The maximum Gasteiger partial charge on any atom is 0.149 e. The van der Waals surface area contributed by atoms with E-state index in [1.807, 2.05) is 6.92 Å². The summed E-state index contributed by atoms with van der Waals surface area (Å²) in [6.07, 6.45) is 0.409. The molecule has 1 saturated heterocycles. The monoisotopic (exact) mass is 205 g/mol. The summed E-state index contributed by atoms with van der Waals surface area (Å²) in [4.78, 5) is 2.19. The smallest absolute Gasteiger partial charge is 0.149 e. The molecule has 0 bridgehead atoms. The van der Waals surface area contributed by atoms with Crippen LogP contribution in [0.25, 0.3) is 0 Å². The number of rotatable bonds is 6. The van der Waals surface area contributed by atoms with E-state index in [0.717, 1.165) is 13.1 Å². The third-order valence-corrected chi connectivity index (χ3v) is 2.10. The van der Waals surface area contributed by atoms with E-state index in [9.17, 15) is 0 Å². The molecule has 1 fully saturated rings. The van der Waals surface area contributed by atoms with Crippen LogP contribution in [0.4, 0.5) is 0 Å². The SMILES string of the molecule is CC(CN1COC(C)C1)OCOCO. The molecule has 5 heteroatoms. The molecule has 0 aromatic heterocycles. The average molecular weight is 205 g/mol. The first-order valence-electron chi connectivity index (χ1n) is 4.86. The van der Waals surface area contributed by atoms with Crippen LogP contribution in [0, 0.1) is 0 Å². The molecule has 84 valence electrons. The number of aliphatic hydroxyl groups is 1. The zero-order valence-corrected chi connectivity index (χ0v) is 8.81. The molecule has 0 aromatic carbocycles. The number of hydrogen-bond acceptors (Lipinski definition) is 5. The van der Waals surface area contributed by atoms with Crippen molar-refractivity contribution in [2.45, 2.75) is 26.1 Å². The van der Waals surface area contributed by atoms with Gasteiger partial charge < -0.3 is 19.3 Å². The molecule has 1 N–H and O–H groups in total. The van der Waals surface area contributed by atoms with Crippen LogP contribution >= 0.6 is 0 Å². The summed E-state index contributed by atoms with van der Waals surface area (Å²) in [5, 5.41) is 8.37. The van der Waals surface area contributed by atoms with Gasteiger partial charge in [-0.2, -0.15) is 0 Å². The molecule has 2 unspecified atom stereocenters. The third-order valence-electron chi connectivity index (χ3n) is 2.10. The molecule has 14 heavy (non-hydrogen) atoms. The minimum atomic E-state index is -0.295. The summed E-state index contributed by atoms with van der Waals surface area (Å²) >= 11 is 0. The molecular formula is C9H19NO4. The molecule has 0 spiro atoms. The van der Waals surface area contributed by atoms with Gasteiger partial charge in [0, 0.05) is 13.1 Å². The zero-order chi connectivity index (χ0) is 10.4. The summed E-state index contributed by atoms with van der Waals surface area (Å²) < 4.78 is 15.4. The van der Waals surface area contributed by atoms with Gasteiger partial charge in [-0.3, -0.25) is 4.90 Å². The first-order chi connectivity index (χ1) is 6.72. The highest BCUT2D eigenvalue weighted by Crippen LogP contribution is 2.08. The van der Waals surface area contributed by atoms with Crippen molar-refractivity contribution in [3.8, 4) is 0 Å². The van der Waals surface area contributed by atoms with Crippen LogP contribution < -0.4 is 0 Å². The molecule has 0 saturated carbocycles. The summed E-state index contributed by atoms with van der Waals surface area (Å²) in [5.74, 6) is 0. The lowest BCUT2D eigenvalue weighted by Gasteiger charge is -2.19. The predicted octanol–water partition coefficient (Wildman–Crippen LogP) is -0.00640. The Balaban J connectivity index is 2.05. The Hall–Kier alpha value is -0.200. The fourth-order valence-corrected chi connectivity index (χ4v) is 1.45. The second-order valence-corrected chi connectivity index (χ2v) is 3.57. The number of ether oxygens (including phenoxy) is 3. The van der Waals surface area contributed by atoms with Gasteiger partial charge in [0.15, 0.2) is 0 Å². The lowest BCUT2D eigenvalue weighted by Crippen LogP contribution is -2.31. The van der Waals surface area contributed by atoms with E-state index >= 15 is 0 Å². The average Bonchev–Trinajstić information content (AvgIpc) is 2.52. The predicted molar refractivity (Wildman–Crippen MR) is 50.6 cm³/mol. The van der Waals surface area contributed by atoms with E-state index in [4.69, 9.17) is 14.6 Å². The molecule has 0 aromatic rings. The van der Waals surface area contributed by atoms with Crippen molar-refractivity contribution in [2.75, 3.05) is 33.4 Å². The zero-order valence-electron chi connectivity index (χ0n) is 8.81. The Bertz CT molecular complexity index is 156. The molecule has 1 heterocycles. The quantitative estimate of drug-likeness (QED) is 0.488. The first-order valence-corrected chi connectivity index (χ1v) is 4.86. The second-order valence-electron chi connectivity index (χ2n) is 3.57. The summed E-state index contributed by atoms with van der Waals surface area (Å²) in [7, 11) is 0. The van der Waals surface area contributed by atoms with Crippen LogP contribution in [0.5, 0.6) is 0 Å². The van der Waals surface area contributed by atoms with E-state index in [1.165, 1.54) is 0 Å². The van der Waals surface area contributed by atoms with Gasteiger partial charge >= 0.3 is 0 Å². The molecule has 1 aliphatic rings. The summed E-state index contributed by atoms with van der Waals surface area (Å²) in [6.45, 7) is 6.34. The van der Waals surface area contributed by atoms with Crippen molar-refractivity contribution in [1.82, 2.24) is 4.90 Å². The maximum absolute atomic E-state index is 8.37. The van der Waals surface area contributed by atoms with E-state index in [0.29, 0.717) is 12.8 Å². The van der Waals surface area contributed by atoms with Gasteiger partial charge in [0.2, 0.25) is 0 Å². The Morgan fingerprint density at radius 3 is 3.00 bits per heavy atom. The number of hydrogen-bond donors (Lipinski definition) is 1. The Morgan fingerprint density at radius 1 is 1.64 bits per heavy atom. The summed E-state index contributed by atoms with van der Waals surface area (Å²) in [5.41, 5.74) is 0. The van der Waals surface area contributed by atoms with Crippen molar-refractivity contribution >= 4 is 0 Å². The first kappa shape index (κ1) is 11.9. The fourth-order valence-electron chi connectivity index (χ4n) is 1.45. The van der Waals surface area contributed by atoms with Gasteiger partial charge in [-0.1, -0.05) is 0 Å². The van der Waals surface area contributed by atoms with Crippen LogP contribution in [0.2, 0.25) is 0 Å². The van der Waals surface area contributed by atoms with Gasteiger partial charge in [0.1, 0.15) is 13.6 Å². The molecule has 1 rings (SSSR count). The van der Waals surface area contributed by atoms with Gasteiger partial charge in [-0.15, -0.1) is 0 Å². The van der Waals surface area contributed by atoms with E-state index in [2.05, 4.69) is 16.6 Å². The molecule has 0 amide bonds. The fraction of sp³-hybridized carbons (Fsp3) is 1.00. The third kappa shape index (κ3) is 4.34. The molecule has 5 nitrogen and oxygen atoms in total. The van der Waals surface area contributed by atoms with Crippen LogP contribution in [0.3, 0.4) is 0 Å². The Kier molecular flexibility index (Phi) is 5.36. The van der Waals surface area contributed by atoms with Gasteiger partial charge in [-0.05, 0) is 13.8 Å². The van der Waals surface area contributed by atoms with Crippen LogP contribution in [-0.2, 0) is 14.2 Å². The highest BCUT2D eigenvalue weighted by molar-refractivity contribution is 4.68. The van der Waals surface area contributed by atoms with Crippen molar-refractivity contribution in [2.24, 2.45) is 0 Å². The van der Waals surface area contributed by atoms with Crippen molar-refractivity contribution in [3.63, 3.8) is 0 Å². The number of aliphatic hydroxyl groups excluding tert-OH is 1. The van der Waals surface area contributed by atoms with Crippen LogP contribution in [-0.4, -0.2) is 55.6 Å².